The normalized spacial score (nSPS) is 25.1. The first-order valence-corrected chi connectivity index (χ1v) is 5.43. The maximum atomic E-state index is 11.1. The number of rotatable bonds is 2. The van der Waals surface area contributed by atoms with E-state index in [1.54, 1.807) is 7.11 Å². The molecule has 2 unspecified atom stereocenters. The van der Waals surface area contributed by atoms with E-state index in [2.05, 4.69) is 5.32 Å². The average Bonchev–Trinajstić information content (AvgIpc) is 2.59. The first-order valence-electron chi connectivity index (χ1n) is 4.48. The van der Waals surface area contributed by atoms with Crippen molar-refractivity contribution >= 4 is 17.7 Å². The van der Waals surface area contributed by atoms with Gasteiger partial charge in [0.05, 0.1) is 7.11 Å². The number of methoxy groups -OCH3 is 1. The second kappa shape index (κ2) is 4.12. The molecule has 0 radical (unpaired) electrons. The van der Waals surface area contributed by atoms with Crippen LogP contribution in [-0.4, -0.2) is 23.6 Å². The summed E-state index contributed by atoms with van der Waals surface area (Å²) >= 11 is 1.19. The van der Waals surface area contributed by atoms with Crippen molar-refractivity contribution in [1.82, 2.24) is 5.32 Å². The van der Waals surface area contributed by atoms with Crippen molar-refractivity contribution in [3.05, 3.63) is 29.8 Å². The first-order chi connectivity index (χ1) is 7.20. The van der Waals surface area contributed by atoms with Crippen LogP contribution in [0.3, 0.4) is 0 Å². The number of benzene rings is 1. The Morgan fingerprint density at radius 3 is 2.93 bits per heavy atom. The maximum absolute atomic E-state index is 11.1. The van der Waals surface area contributed by atoms with Crippen LogP contribution in [0.1, 0.15) is 10.9 Å². The summed E-state index contributed by atoms with van der Waals surface area (Å²) in [6.45, 7) is 0. The van der Waals surface area contributed by atoms with Crippen molar-refractivity contribution in [2.75, 3.05) is 7.11 Å². The van der Waals surface area contributed by atoms with Gasteiger partial charge in [0.2, 0.25) is 0 Å². The summed E-state index contributed by atoms with van der Waals surface area (Å²) in [6, 6.07) is 7.42. The zero-order valence-electron chi connectivity index (χ0n) is 8.14. The standard InChI is InChI=1S/C10H11NO3S/c1-14-7-4-2-3-6(5-7)9-11-8(12)10(13)15-9/h2-5,9-10,13H,1H3,(H,11,12). The van der Waals surface area contributed by atoms with Crippen LogP contribution in [0.15, 0.2) is 24.3 Å². The molecule has 2 N–H and O–H groups in total. The van der Waals surface area contributed by atoms with E-state index in [4.69, 9.17) is 4.74 Å². The second-order valence-corrected chi connectivity index (χ2v) is 4.34. The van der Waals surface area contributed by atoms with Crippen LogP contribution in [0, 0.1) is 0 Å². The van der Waals surface area contributed by atoms with Crippen molar-refractivity contribution in [2.45, 2.75) is 10.8 Å². The lowest BCUT2D eigenvalue weighted by Crippen LogP contribution is -2.23. The fourth-order valence-corrected chi connectivity index (χ4v) is 2.33. The molecule has 0 spiro atoms. The number of aliphatic hydroxyl groups excluding tert-OH is 1. The van der Waals surface area contributed by atoms with E-state index in [1.807, 2.05) is 24.3 Å². The van der Waals surface area contributed by atoms with Gasteiger partial charge in [0, 0.05) is 0 Å². The molecule has 0 saturated carbocycles. The molecular weight excluding hydrogens is 214 g/mol. The maximum Gasteiger partial charge on any atom is 0.260 e. The highest BCUT2D eigenvalue weighted by Crippen LogP contribution is 2.35. The molecule has 1 aromatic carbocycles. The van der Waals surface area contributed by atoms with Gasteiger partial charge in [-0.15, -0.1) is 0 Å². The van der Waals surface area contributed by atoms with Crippen LogP contribution < -0.4 is 10.1 Å². The Morgan fingerprint density at radius 1 is 1.53 bits per heavy atom. The zero-order chi connectivity index (χ0) is 10.8. The van der Waals surface area contributed by atoms with Gasteiger partial charge in [-0.3, -0.25) is 4.79 Å². The van der Waals surface area contributed by atoms with Crippen molar-refractivity contribution in [2.24, 2.45) is 0 Å². The zero-order valence-corrected chi connectivity index (χ0v) is 8.95. The summed E-state index contributed by atoms with van der Waals surface area (Å²) in [7, 11) is 1.59. The average molecular weight is 225 g/mol. The van der Waals surface area contributed by atoms with E-state index in [-0.39, 0.29) is 11.3 Å². The summed E-state index contributed by atoms with van der Waals surface area (Å²) in [6.07, 6.45) is 0. The third-order valence-corrected chi connectivity index (χ3v) is 3.29. The number of aliphatic hydroxyl groups is 1. The molecule has 5 heteroatoms. The van der Waals surface area contributed by atoms with Crippen LogP contribution in [0.2, 0.25) is 0 Å². The molecule has 0 aliphatic carbocycles. The molecule has 80 valence electrons. The predicted octanol–water partition coefficient (Wildman–Crippen LogP) is 0.875. The SMILES string of the molecule is COc1cccc(C2NC(=O)C(O)S2)c1. The van der Waals surface area contributed by atoms with Gasteiger partial charge >= 0.3 is 0 Å². The van der Waals surface area contributed by atoms with E-state index in [9.17, 15) is 9.90 Å². The van der Waals surface area contributed by atoms with Gasteiger partial charge in [0.15, 0.2) is 5.44 Å². The van der Waals surface area contributed by atoms with Crippen molar-refractivity contribution in [1.29, 1.82) is 0 Å². The minimum atomic E-state index is -0.971. The molecule has 1 aromatic rings. The number of thioether (sulfide) groups is 1. The summed E-state index contributed by atoms with van der Waals surface area (Å²) < 4.78 is 5.08. The van der Waals surface area contributed by atoms with Crippen LogP contribution in [0.5, 0.6) is 5.75 Å². The number of carbonyl (C=O) groups excluding carboxylic acids is 1. The van der Waals surface area contributed by atoms with Gasteiger partial charge in [-0.2, -0.15) is 0 Å². The fraction of sp³-hybridized carbons (Fsp3) is 0.300. The Labute approximate surface area is 91.6 Å². The number of carbonyl (C=O) groups is 1. The molecular formula is C10H11NO3S. The Bertz CT molecular complexity index is 383. The van der Waals surface area contributed by atoms with Crippen LogP contribution in [0.4, 0.5) is 0 Å². The lowest BCUT2D eigenvalue weighted by molar-refractivity contribution is -0.124. The van der Waals surface area contributed by atoms with Gasteiger partial charge < -0.3 is 15.2 Å². The van der Waals surface area contributed by atoms with Crippen LogP contribution >= 0.6 is 11.8 Å². The van der Waals surface area contributed by atoms with Gasteiger partial charge in [-0.1, -0.05) is 23.9 Å². The van der Waals surface area contributed by atoms with E-state index in [0.29, 0.717) is 0 Å². The lowest BCUT2D eigenvalue weighted by Gasteiger charge is -2.10. The molecule has 15 heavy (non-hydrogen) atoms. The van der Waals surface area contributed by atoms with Gasteiger partial charge in [0.25, 0.3) is 5.91 Å². The summed E-state index contributed by atoms with van der Waals surface area (Å²) in [4.78, 5) is 11.1. The van der Waals surface area contributed by atoms with Gasteiger partial charge in [0.1, 0.15) is 11.1 Å². The molecule has 2 rings (SSSR count). The van der Waals surface area contributed by atoms with E-state index < -0.39 is 5.44 Å². The molecule has 0 aromatic heterocycles. The number of hydrogen-bond donors (Lipinski definition) is 2. The topological polar surface area (TPSA) is 58.6 Å². The fourth-order valence-electron chi connectivity index (χ4n) is 1.39. The minimum absolute atomic E-state index is 0.192. The van der Waals surface area contributed by atoms with E-state index >= 15 is 0 Å². The third-order valence-electron chi connectivity index (χ3n) is 2.16. The van der Waals surface area contributed by atoms with Crippen LogP contribution in [-0.2, 0) is 4.79 Å². The molecule has 1 saturated heterocycles. The van der Waals surface area contributed by atoms with E-state index in [1.165, 1.54) is 11.8 Å². The highest BCUT2D eigenvalue weighted by atomic mass is 32.2. The monoisotopic (exact) mass is 225 g/mol. The second-order valence-electron chi connectivity index (χ2n) is 3.15. The molecule has 4 nitrogen and oxygen atoms in total. The molecule has 1 heterocycles. The van der Waals surface area contributed by atoms with Crippen molar-refractivity contribution in [3.8, 4) is 5.75 Å². The predicted molar refractivity (Wildman–Crippen MR) is 57.5 cm³/mol. The third kappa shape index (κ3) is 2.08. The number of hydrogen-bond acceptors (Lipinski definition) is 4. The molecule has 1 aliphatic heterocycles. The number of amides is 1. The smallest absolute Gasteiger partial charge is 0.260 e. The minimum Gasteiger partial charge on any atom is -0.497 e. The molecule has 0 bridgehead atoms. The highest BCUT2D eigenvalue weighted by molar-refractivity contribution is 8.01. The number of ether oxygens (including phenoxy) is 1. The summed E-state index contributed by atoms with van der Waals surface area (Å²) in [5.74, 6) is 0.400. The molecule has 2 atom stereocenters. The number of nitrogens with one attached hydrogen (secondary N) is 1. The quantitative estimate of drug-likeness (QED) is 0.784. The van der Waals surface area contributed by atoms with E-state index in [0.717, 1.165) is 11.3 Å². The Morgan fingerprint density at radius 2 is 2.33 bits per heavy atom. The van der Waals surface area contributed by atoms with Crippen molar-refractivity contribution < 1.29 is 14.6 Å². The summed E-state index contributed by atoms with van der Waals surface area (Å²) in [5, 5.41) is 11.8. The van der Waals surface area contributed by atoms with Crippen molar-refractivity contribution in [3.63, 3.8) is 0 Å². The Kier molecular flexibility index (Phi) is 2.83. The molecule has 1 aliphatic rings. The molecule has 1 amide bonds. The van der Waals surface area contributed by atoms with Gasteiger partial charge in [-0.05, 0) is 17.7 Å². The molecule has 1 fully saturated rings. The summed E-state index contributed by atoms with van der Waals surface area (Å²) in [5.41, 5.74) is -0.0505. The van der Waals surface area contributed by atoms with Gasteiger partial charge in [-0.25, -0.2) is 0 Å². The highest BCUT2D eigenvalue weighted by Gasteiger charge is 2.31. The Balaban J connectivity index is 2.19. The first kappa shape index (κ1) is 10.3. The Hall–Kier alpha value is -1.20. The largest absolute Gasteiger partial charge is 0.497 e. The van der Waals surface area contributed by atoms with Crippen LogP contribution in [0.25, 0.3) is 0 Å². The lowest BCUT2D eigenvalue weighted by atomic mass is 10.2.